The lowest BCUT2D eigenvalue weighted by Gasteiger charge is -2.20. The Morgan fingerprint density at radius 1 is 1.45 bits per heavy atom. The Hall–Kier alpha value is -1.78. The molecule has 0 fully saturated rings. The lowest BCUT2D eigenvalue weighted by Crippen LogP contribution is -2.33. The van der Waals surface area contributed by atoms with E-state index in [1.807, 2.05) is 33.3 Å². The Bertz CT molecular complexity index is 514. The van der Waals surface area contributed by atoms with Gasteiger partial charge in [0.1, 0.15) is 5.60 Å². The van der Waals surface area contributed by atoms with Gasteiger partial charge in [0.25, 0.3) is 0 Å². The van der Waals surface area contributed by atoms with E-state index in [4.69, 9.17) is 4.74 Å². The summed E-state index contributed by atoms with van der Waals surface area (Å²) in [4.78, 5) is 15.9. The zero-order valence-corrected chi connectivity index (χ0v) is 13.8. The van der Waals surface area contributed by atoms with Gasteiger partial charge < -0.3 is 14.6 Å². The molecule has 0 saturated carbocycles. The molecule has 1 amide bonds. The maximum Gasteiger partial charge on any atom is 0.407 e. The Kier molecular flexibility index (Phi) is 5.63. The van der Waals surface area contributed by atoms with Crippen LogP contribution in [0.15, 0.2) is 24.7 Å². The monoisotopic (exact) mass is 305 g/mol. The molecule has 0 saturated heterocycles. The molecule has 1 unspecified atom stereocenters. The number of aromatic nitrogens is 2. The molecule has 1 aromatic heterocycles. The number of imidazole rings is 1. The minimum Gasteiger partial charge on any atom is -0.444 e. The van der Waals surface area contributed by atoms with Crippen LogP contribution in [0, 0.1) is 5.92 Å². The summed E-state index contributed by atoms with van der Waals surface area (Å²) in [6, 6.07) is 0. The average molecular weight is 305 g/mol. The molecule has 22 heavy (non-hydrogen) atoms. The van der Waals surface area contributed by atoms with Crippen molar-refractivity contribution in [2.24, 2.45) is 5.92 Å². The molecule has 0 radical (unpaired) electrons. The molecule has 1 aliphatic carbocycles. The van der Waals surface area contributed by atoms with E-state index in [9.17, 15) is 4.79 Å². The lowest BCUT2D eigenvalue weighted by atomic mass is 9.94. The first kappa shape index (κ1) is 16.6. The molecule has 0 aliphatic heterocycles. The number of carbonyl (C=O) groups excluding carboxylic acids is 1. The molecule has 1 N–H and O–H groups in total. The fourth-order valence-corrected chi connectivity index (χ4v) is 2.63. The first-order chi connectivity index (χ1) is 10.4. The van der Waals surface area contributed by atoms with Gasteiger partial charge in [-0.1, -0.05) is 12.2 Å². The van der Waals surface area contributed by atoms with Gasteiger partial charge >= 0.3 is 6.09 Å². The summed E-state index contributed by atoms with van der Waals surface area (Å²) in [6.45, 7) is 7.15. The summed E-state index contributed by atoms with van der Waals surface area (Å²) in [7, 11) is 0. The summed E-state index contributed by atoms with van der Waals surface area (Å²) < 4.78 is 7.44. The summed E-state index contributed by atoms with van der Waals surface area (Å²) in [5.74, 6) is 0.691. The SMILES string of the molecule is CC(C)(C)OC(=O)NCCc1cncn1CC1CC=CCC1. The van der Waals surface area contributed by atoms with E-state index >= 15 is 0 Å². The summed E-state index contributed by atoms with van der Waals surface area (Å²) in [5.41, 5.74) is 0.700. The third-order valence-corrected chi connectivity index (χ3v) is 3.68. The van der Waals surface area contributed by atoms with E-state index < -0.39 is 5.60 Å². The van der Waals surface area contributed by atoms with E-state index in [0.29, 0.717) is 12.5 Å². The third kappa shape index (κ3) is 5.54. The van der Waals surface area contributed by atoms with Crippen molar-refractivity contribution in [2.45, 2.75) is 58.6 Å². The molecule has 0 spiro atoms. The molecule has 122 valence electrons. The Balaban J connectivity index is 1.77. The van der Waals surface area contributed by atoms with Crippen LogP contribution >= 0.6 is 0 Å². The van der Waals surface area contributed by atoms with E-state index in [-0.39, 0.29) is 6.09 Å². The fourth-order valence-electron chi connectivity index (χ4n) is 2.63. The van der Waals surface area contributed by atoms with Gasteiger partial charge in [-0.2, -0.15) is 0 Å². The third-order valence-electron chi connectivity index (χ3n) is 3.68. The van der Waals surface area contributed by atoms with Crippen molar-refractivity contribution in [1.82, 2.24) is 14.9 Å². The first-order valence-corrected chi connectivity index (χ1v) is 8.05. The van der Waals surface area contributed by atoms with Gasteiger partial charge in [-0.3, -0.25) is 0 Å². The van der Waals surface area contributed by atoms with Crippen LogP contribution in [0.4, 0.5) is 4.79 Å². The number of hydrogen-bond donors (Lipinski definition) is 1. The van der Waals surface area contributed by atoms with Crippen LogP contribution in [0.5, 0.6) is 0 Å². The van der Waals surface area contributed by atoms with Crippen LogP contribution in [0.2, 0.25) is 0 Å². The second-order valence-electron chi connectivity index (χ2n) is 6.87. The number of alkyl carbamates (subject to hydrolysis) is 1. The number of nitrogens with zero attached hydrogens (tertiary/aromatic N) is 2. The second-order valence-corrected chi connectivity index (χ2v) is 6.87. The standard InChI is InChI=1S/C17H27N3O2/c1-17(2,3)22-16(21)19-10-9-15-11-18-13-20(15)12-14-7-5-4-6-8-14/h4-5,11,13-14H,6-10,12H2,1-3H3,(H,19,21). The molecular formula is C17H27N3O2. The normalized spacial score (nSPS) is 18.2. The zero-order valence-electron chi connectivity index (χ0n) is 13.8. The van der Waals surface area contributed by atoms with Gasteiger partial charge in [0.15, 0.2) is 0 Å². The van der Waals surface area contributed by atoms with Crippen molar-refractivity contribution in [3.05, 3.63) is 30.4 Å². The number of hydrogen-bond acceptors (Lipinski definition) is 3. The van der Waals surface area contributed by atoms with Crippen LogP contribution in [-0.2, 0) is 17.7 Å². The predicted molar refractivity (Wildman–Crippen MR) is 86.6 cm³/mol. The van der Waals surface area contributed by atoms with E-state index in [2.05, 4.69) is 27.0 Å². The fraction of sp³-hybridized carbons (Fsp3) is 0.647. The van der Waals surface area contributed by atoms with Gasteiger partial charge in [-0.25, -0.2) is 9.78 Å². The molecule has 1 aromatic rings. The van der Waals surface area contributed by atoms with Crippen LogP contribution in [-0.4, -0.2) is 27.8 Å². The summed E-state index contributed by atoms with van der Waals surface area (Å²) in [5, 5.41) is 2.79. The minimum atomic E-state index is -0.458. The van der Waals surface area contributed by atoms with Crippen LogP contribution in [0.3, 0.4) is 0 Å². The molecule has 1 aliphatic rings. The molecule has 5 nitrogen and oxygen atoms in total. The van der Waals surface area contributed by atoms with Crippen molar-refractivity contribution in [2.75, 3.05) is 6.54 Å². The number of nitrogens with one attached hydrogen (secondary N) is 1. The summed E-state index contributed by atoms with van der Waals surface area (Å²) in [6.07, 6.45) is 12.3. The highest BCUT2D eigenvalue weighted by molar-refractivity contribution is 5.67. The molecule has 0 aromatic carbocycles. The number of allylic oxidation sites excluding steroid dienone is 2. The van der Waals surface area contributed by atoms with E-state index in [1.165, 1.54) is 12.8 Å². The maximum atomic E-state index is 11.6. The van der Waals surface area contributed by atoms with E-state index in [0.717, 1.165) is 25.1 Å². The van der Waals surface area contributed by atoms with Crippen molar-refractivity contribution in [3.63, 3.8) is 0 Å². The maximum absolute atomic E-state index is 11.6. The summed E-state index contributed by atoms with van der Waals surface area (Å²) >= 11 is 0. The van der Waals surface area contributed by atoms with Gasteiger partial charge in [-0.05, 0) is 46.0 Å². The van der Waals surface area contributed by atoms with Gasteiger partial charge in [0.05, 0.1) is 6.33 Å². The lowest BCUT2D eigenvalue weighted by molar-refractivity contribution is 0.0528. The quantitative estimate of drug-likeness (QED) is 0.849. The van der Waals surface area contributed by atoms with Crippen LogP contribution in [0.25, 0.3) is 0 Å². The average Bonchev–Trinajstić information content (AvgIpc) is 2.85. The molecule has 2 rings (SSSR count). The number of amides is 1. The Morgan fingerprint density at radius 2 is 2.27 bits per heavy atom. The Morgan fingerprint density at radius 3 is 2.95 bits per heavy atom. The number of ether oxygens (including phenoxy) is 1. The highest BCUT2D eigenvalue weighted by Crippen LogP contribution is 2.20. The largest absolute Gasteiger partial charge is 0.444 e. The van der Waals surface area contributed by atoms with Crippen molar-refractivity contribution >= 4 is 6.09 Å². The predicted octanol–water partition coefficient (Wildman–Crippen LogP) is 3.31. The molecule has 1 heterocycles. The highest BCUT2D eigenvalue weighted by atomic mass is 16.6. The van der Waals surface area contributed by atoms with Gasteiger partial charge in [-0.15, -0.1) is 0 Å². The second kappa shape index (κ2) is 7.47. The first-order valence-electron chi connectivity index (χ1n) is 8.05. The number of carbonyl (C=O) groups is 1. The van der Waals surface area contributed by atoms with Gasteiger partial charge in [0.2, 0.25) is 0 Å². The number of rotatable bonds is 5. The van der Waals surface area contributed by atoms with Gasteiger partial charge in [0, 0.05) is 31.4 Å². The van der Waals surface area contributed by atoms with Crippen molar-refractivity contribution in [3.8, 4) is 0 Å². The molecule has 5 heteroatoms. The zero-order chi connectivity index (χ0) is 16.0. The molecule has 1 atom stereocenters. The van der Waals surface area contributed by atoms with E-state index in [1.54, 1.807) is 0 Å². The topological polar surface area (TPSA) is 56.1 Å². The Labute approximate surface area is 132 Å². The molecular weight excluding hydrogens is 278 g/mol. The minimum absolute atomic E-state index is 0.365. The van der Waals surface area contributed by atoms with Crippen molar-refractivity contribution < 1.29 is 9.53 Å². The van der Waals surface area contributed by atoms with Crippen LogP contribution < -0.4 is 5.32 Å². The van der Waals surface area contributed by atoms with Crippen LogP contribution in [0.1, 0.15) is 45.7 Å². The smallest absolute Gasteiger partial charge is 0.407 e. The highest BCUT2D eigenvalue weighted by Gasteiger charge is 2.16. The molecule has 0 bridgehead atoms. The van der Waals surface area contributed by atoms with Crippen molar-refractivity contribution in [1.29, 1.82) is 0 Å².